The third kappa shape index (κ3) is 3.27. The maximum Gasteiger partial charge on any atom is 0.275 e. The number of nitro benzene ring substituents is 1. The van der Waals surface area contributed by atoms with Gasteiger partial charge in [0, 0.05) is 10.5 Å². The van der Waals surface area contributed by atoms with Crippen LogP contribution in [0.3, 0.4) is 0 Å². The van der Waals surface area contributed by atoms with E-state index in [0.29, 0.717) is 16.5 Å². The smallest absolute Gasteiger partial charge is 0.275 e. The molecule has 0 aliphatic rings. The molecule has 0 fully saturated rings. The quantitative estimate of drug-likeness (QED) is 0.653. The Morgan fingerprint density at radius 2 is 2.05 bits per heavy atom. The second-order valence-corrected chi connectivity index (χ2v) is 5.21. The second-order valence-electron chi connectivity index (χ2n) is 3.88. The summed E-state index contributed by atoms with van der Waals surface area (Å²) in [5.74, 6) is 0.776. The molecule has 0 aliphatic heterocycles. The van der Waals surface area contributed by atoms with Gasteiger partial charge in [0.1, 0.15) is 11.5 Å². The first-order valence-electron chi connectivity index (χ1n) is 5.52. The molecule has 1 N–H and O–H groups in total. The van der Waals surface area contributed by atoms with Gasteiger partial charge in [-0.15, -0.1) is 0 Å². The van der Waals surface area contributed by atoms with Crippen LogP contribution in [0.15, 0.2) is 40.9 Å². The Kier molecular flexibility index (Phi) is 4.59. The Hall–Kier alpha value is -1.63. The van der Waals surface area contributed by atoms with Crippen molar-refractivity contribution in [3.8, 4) is 11.5 Å². The van der Waals surface area contributed by atoms with Crippen LogP contribution in [-0.2, 0) is 6.61 Å². The van der Waals surface area contributed by atoms with E-state index < -0.39 is 11.5 Å². The first-order chi connectivity index (χ1) is 9.51. The molecule has 0 amide bonds. The number of nitrogens with zero attached hydrogens (tertiary/aromatic N) is 1. The van der Waals surface area contributed by atoms with Crippen molar-refractivity contribution in [2.75, 3.05) is 0 Å². The fourth-order valence-electron chi connectivity index (χ4n) is 1.61. The summed E-state index contributed by atoms with van der Waals surface area (Å²) in [4.78, 5) is 10.2. The standard InChI is InChI=1S/C13H9BrClNO4/c14-9-1-3-11(15)13(6-9)20-10-2-4-12(16(18)19)8(5-10)7-17/h1-6,17H,7H2. The van der Waals surface area contributed by atoms with E-state index in [-0.39, 0.29) is 11.3 Å². The largest absolute Gasteiger partial charge is 0.456 e. The Morgan fingerprint density at radius 1 is 1.30 bits per heavy atom. The van der Waals surface area contributed by atoms with Crippen LogP contribution in [0.2, 0.25) is 5.02 Å². The molecule has 7 heteroatoms. The topological polar surface area (TPSA) is 72.6 Å². The van der Waals surface area contributed by atoms with Crippen LogP contribution < -0.4 is 4.74 Å². The molecule has 0 radical (unpaired) electrons. The highest BCUT2D eigenvalue weighted by molar-refractivity contribution is 9.10. The summed E-state index contributed by atoms with van der Waals surface area (Å²) < 4.78 is 6.36. The highest BCUT2D eigenvalue weighted by atomic mass is 79.9. The van der Waals surface area contributed by atoms with Crippen LogP contribution >= 0.6 is 27.5 Å². The zero-order chi connectivity index (χ0) is 14.7. The molecule has 0 bridgehead atoms. The van der Waals surface area contributed by atoms with Gasteiger partial charge in [0.15, 0.2) is 0 Å². The van der Waals surface area contributed by atoms with Crippen LogP contribution in [0, 0.1) is 10.1 Å². The van der Waals surface area contributed by atoms with Crippen LogP contribution in [-0.4, -0.2) is 10.0 Å². The molecule has 0 heterocycles. The fourth-order valence-corrected chi connectivity index (χ4v) is 2.11. The van der Waals surface area contributed by atoms with Crippen molar-refractivity contribution in [3.63, 3.8) is 0 Å². The fraction of sp³-hybridized carbons (Fsp3) is 0.0769. The van der Waals surface area contributed by atoms with Gasteiger partial charge in [0.2, 0.25) is 0 Å². The van der Waals surface area contributed by atoms with E-state index in [0.717, 1.165) is 4.47 Å². The lowest BCUT2D eigenvalue weighted by Gasteiger charge is -2.09. The maximum absolute atomic E-state index is 10.8. The third-order valence-electron chi connectivity index (χ3n) is 2.54. The van der Waals surface area contributed by atoms with E-state index in [9.17, 15) is 10.1 Å². The normalized spacial score (nSPS) is 10.3. The summed E-state index contributed by atoms with van der Waals surface area (Å²) in [6.07, 6.45) is 0. The number of aliphatic hydroxyl groups excluding tert-OH is 1. The van der Waals surface area contributed by atoms with Gasteiger partial charge in [-0.3, -0.25) is 10.1 Å². The average Bonchev–Trinajstić information content (AvgIpc) is 2.42. The Bertz CT molecular complexity index is 663. The van der Waals surface area contributed by atoms with Gasteiger partial charge >= 0.3 is 0 Å². The third-order valence-corrected chi connectivity index (χ3v) is 3.34. The van der Waals surface area contributed by atoms with Crippen molar-refractivity contribution in [2.24, 2.45) is 0 Å². The summed E-state index contributed by atoms with van der Waals surface area (Å²) in [5.41, 5.74) is 0.0267. The lowest BCUT2D eigenvalue weighted by atomic mass is 10.2. The molecular formula is C13H9BrClNO4. The van der Waals surface area contributed by atoms with Crippen molar-refractivity contribution in [3.05, 3.63) is 61.6 Å². The van der Waals surface area contributed by atoms with Gasteiger partial charge in [-0.25, -0.2) is 0 Å². The Morgan fingerprint density at radius 3 is 2.70 bits per heavy atom. The molecule has 0 saturated carbocycles. The highest BCUT2D eigenvalue weighted by Crippen LogP contribution is 2.33. The van der Waals surface area contributed by atoms with Gasteiger partial charge < -0.3 is 9.84 Å². The molecule has 20 heavy (non-hydrogen) atoms. The van der Waals surface area contributed by atoms with Crippen molar-refractivity contribution in [1.82, 2.24) is 0 Å². The molecule has 5 nitrogen and oxygen atoms in total. The van der Waals surface area contributed by atoms with E-state index in [2.05, 4.69) is 15.9 Å². The molecule has 0 spiro atoms. The number of halogens is 2. The molecule has 0 aliphatic carbocycles. The maximum atomic E-state index is 10.8. The SMILES string of the molecule is O=[N+]([O-])c1ccc(Oc2cc(Br)ccc2Cl)cc1CO. The second kappa shape index (κ2) is 6.21. The molecule has 2 aromatic carbocycles. The van der Waals surface area contributed by atoms with Crippen molar-refractivity contribution >= 4 is 33.2 Å². The zero-order valence-electron chi connectivity index (χ0n) is 10.0. The van der Waals surface area contributed by atoms with Gasteiger partial charge in [0.05, 0.1) is 22.1 Å². The summed E-state index contributed by atoms with van der Waals surface area (Å²) in [7, 11) is 0. The van der Waals surface area contributed by atoms with Gasteiger partial charge in [0.25, 0.3) is 5.69 Å². The van der Waals surface area contributed by atoms with Crippen LogP contribution in [0.25, 0.3) is 0 Å². The molecular weight excluding hydrogens is 350 g/mol. The first-order valence-corrected chi connectivity index (χ1v) is 6.69. The van der Waals surface area contributed by atoms with E-state index in [1.54, 1.807) is 18.2 Å². The highest BCUT2D eigenvalue weighted by Gasteiger charge is 2.14. The van der Waals surface area contributed by atoms with Crippen LogP contribution in [0.5, 0.6) is 11.5 Å². The predicted octanol–water partition coefficient (Wildman–Crippen LogP) is 4.30. The van der Waals surface area contributed by atoms with Gasteiger partial charge in [-0.1, -0.05) is 27.5 Å². The number of hydrogen-bond acceptors (Lipinski definition) is 4. The molecule has 0 atom stereocenters. The number of rotatable bonds is 4. The minimum atomic E-state index is -0.554. The number of benzene rings is 2. The number of hydrogen-bond donors (Lipinski definition) is 1. The lowest BCUT2D eigenvalue weighted by Crippen LogP contribution is -1.96. The summed E-state index contributed by atoms with van der Waals surface area (Å²) in [5, 5.41) is 20.4. The van der Waals surface area contributed by atoms with Crippen molar-refractivity contribution in [1.29, 1.82) is 0 Å². The van der Waals surface area contributed by atoms with Crippen LogP contribution in [0.4, 0.5) is 5.69 Å². The number of nitro groups is 1. The van der Waals surface area contributed by atoms with E-state index in [1.807, 2.05) is 0 Å². The van der Waals surface area contributed by atoms with Crippen molar-refractivity contribution < 1.29 is 14.8 Å². The molecule has 0 aromatic heterocycles. The van der Waals surface area contributed by atoms with Gasteiger partial charge in [-0.05, 0) is 30.3 Å². The van der Waals surface area contributed by atoms with Crippen molar-refractivity contribution in [2.45, 2.75) is 6.61 Å². The predicted molar refractivity (Wildman–Crippen MR) is 78.2 cm³/mol. The van der Waals surface area contributed by atoms with E-state index >= 15 is 0 Å². The number of ether oxygens (including phenoxy) is 1. The summed E-state index contributed by atoms with van der Waals surface area (Å²) in [6, 6.07) is 9.27. The summed E-state index contributed by atoms with van der Waals surface area (Å²) in [6.45, 7) is -0.445. The molecule has 104 valence electrons. The minimum Gasteiger partial charge on any atom is -0.456 e. The summed E-state index contributed by atoms with van der Waals surface area (Å²) >= 11 is 9.30. The molecule has 2 aromatic rings. The average molecular weight is 359 g/mol. The lowest BCUT2D eigenvalue weighted by molar-refractivity contribution is -0.385. The van der Waals surface area contributed by atoms with Gasteiger partial charge in [-0.2, -0.15) is 0 Å². The Balaban J connectivity index is 2.34. The monoisotopic (exact) mass is 357 g/mol. The number of aliphatic hydroxyl groups is 1. The van der Waals surface area contributed by atoms with Crippen LogP contribution in [0.1, 0.15) is 5.56 Å². The molecule has 2 rings (SSSR count). The minimum absolute atomic E-state index is 0.153. The Labute approximate surface area is 128 Å². The zero-order valence-corrected chi connectivity index (χ0v) is 12.4. The van der Waals surface area contributed by atoms with E-state index in [4.69, 9.17) is 21.4 Å². The van der Waals surface area contributed by atoms with E-state index in [1.165, 1.54) is 18.2 Å². The molecule has 0 saturated heterocycles. The molecule has 0 unspecified atom stereocenters. The first kappa shape index (κ1) is 14.8.